The number of amides is 1. The maximum atomic E-state index is 11.2. The number of aliphatic hydroxyl groups is 1. The van der Waals surface area contributed by atoms with Crippen LogP contribution in [0, 0.1) is 0 Å². The molecule has 0 heterocycles. The highest BCUT2D eigenvalue weighted by molar-refractivity contribution is 5.75. The second-order valence-corrected chi connectivity index (χ2v) is 3.93. The van der Waals surface area contributed by atoms with E-state index < -0.39 is 0 Å². The van der Waals surface area contributed by atoms with Crippen molar-refractivity contribution in [1.29, 1.82) is 0 Å². The molecular weight excluding hydrogens is 252 g/mol. The molecule has 1 amide bonds. The van der Waals surface area contributed by atoms with Crippen LogP contribution in [-0.2, 0) is 19.1 Å². The molecule has 0 saturated carbocycles. The van der Waals surface area contributed by atoms with Crippen LogP contribution in [0.5, 0.6) is 0 Å². The van der Waals surface area contributed by atoms with E-state index in [1.807, 2.05) is 4.90 Å². The lowest BCUT2D eigenvalue weighted by Crippen LogP contribution is -2.34. The molecule has 0 bridgehead atoms. The van der Waals surface area contributed by atoms with Gasteiger partial charge in [-0.25, -0.2) is 0 Å². The normalized spacial score (nSPS) is 10.5. The molecule has 0 aromatic carbocycles. The lowest BCUT2D eigenvalue weighted by molar-refractivity contribution is -0.141. The number of carbonyl (C=O) groups excluding carboxylic acids is 2. The standard InChI is InChI=1S/C12H24N2O5/c1-13-11(16)3-5-14(6-4-12(17)18-2)7-9-19-10-8-15/h15H,3-10H2,1-2H3,(H,13,16). The minimum Gasteiger partial charge on any atom is -0.469 e. The number of hydrogen-bond donors (Lipinski definition) is 2. The highest BCUT2D eigenvalue weighted by atomic mass is 16.5. The summed E-state index contributed by atoms with van der Waals surface area (Å²) in [6.45, 7) is 2.41. The fraction of sp³-hybridized carbons (Fsp3) is 0.833. The Hall–Kier alpha value is -1.18. The Labute approximate surface area is 113 Å². The van der Waals surface area contributed by atoms with E-state index >= 15 is 0 Å². The number of aliphatic hydroxyl groups excluding tert-OH is 1. The van der Waals surface area contributed by atoms with Crippen LogP contribution in [0.3, 0.4) is 0 Å². The summed E-state index contributed by atoms with van der Waals surface area (Å²) in [4.78, 5) is 24.2. The second kappa shape index (κ2) is 11.9. The first kappa shape index (κ1) is 17.8. The molecule has 112 valence electrons. The summed E-state index contributed by atoms with van der Waals surface area (Å²) in [5, 5.41) is 11.1. The fourth-order valence-electron chi connectivity index (χ4n) is 1.43. The SMILES string of the molecule is CNC(=O)CCN(CCOCCO)CCC(=O)OC. The zero-order chi connectivity index (χ0) is 14.5. The van der Waals surface area contributed by atoms with Crippen LogP contribution in [0.1, 0.15) is 12.8 Å². The van der Waals surface area contributed by atoms with Crippen molar-refractivity contribution >= 4 is 11.9 Å². The summed E-state index contributed by atoms with van der Waals surface area (Å²) >= 11 is 0. The molecule has 7 heteroatoms. The summed E-state index contributed by atoms with van der Waals surface area (Å²) < 4.78 is 9.75. The number of nitrogens with one attached hydrogen (secondary N) is 1. The van der Waals surface area contributed by atoms with E-state index in [1.165, 1.54) is 7.11 Å². The van der Waals surface area contributed by atoms with Crippen LogP contribution >= 0.6 is 0 Å². The van der Waals surface area contributed by atoms with Crippen molar-refractivity contribution in [2.75, 3.05) is 53.6 Å². The van der Waals surface area contributed by atoms with Gasteiger partial charge in [0.15, 0.2) is 0 Å². The molecule has 0 spiro atoms. The van der Waals surface area contributed by atoms with Gasteiger partial charge in [-0.3, -0.25) is 14.5 Å². The van der Waals surface area contributed by atoms with Gasteiger partial charge in [0.05, 0.1) is 33.4 Å². The Balaban J connectivity index is 3.98. The fourth-order valence-corrected chi connectivity index (χ4v) is 1.43. The Morgan fingerprint density at radius 3 is 2.42 bits per heavy atom. The van der Waals surface area contributed by atoms with Gasteiger partial charge in [0.2, 0.25) is 5.91 Å². The smallest absolute Gasteiger partial charge is 0.306 e. The molecule has 0 atom stereocenters. The highest BCUT2D eigenvalue weighted by Crippen LogP contribution is 1.96. The van der Waals surface area contributed by atoms with Crippen LogP contribution in [0.15, 0.2) is 0 Å². The Morgan fingerprint density at radius 1 is 1.16 bits per heavy atom. The lowest BCUT2D eigenvalue weighted by atomic mass is 10.3. The van der Waals surface area contributed by atoms with Gasteiger partial charge in [0, 0.05) is 33.1 Å². The van der Waals surface area contributed by atoms with Gasteiger partial charge in [-0.05, 0) is 0 Å². The first-order valence-electron chi connectivity index (χ1n) is 6.32. The molecule has 0 aromatic rings. The zero-order valence-electron chi connectivity index (χ0n) is 11.7. The summed E-state index contributed by atoms with van der Waals surface area (Å²) in [6, 6.07) is 0. The molecule has 19 heavy (non-hydrogen) atoms. The third-order valence-electron chi connectivity index (χ3n) is 2.58. The molecular formula is C12H24N2O5. The maximum absolute atomic E-state index is 11.2. The molecule has 0 saturated heterocycles. The van der Waals surface area contributed by atoms with E-state index in [0.29, 0.717) is 39.3 Å². The average Bonchev–Trinajstić information content (AvgIpc) is 2.44. The second-order valence-electron chi connectivity index (χ2n) is 3.93. The molecule has 7 nitrogen and oxygen atoms in total. The maximum Gasteiger partial charge on any atom is 0.306 e. The van der Waals surface area contributed by atoms with E-state index in [4.69, 9.17) is 9.84 Å². The van der Waals surface area contributed by atoms with Crippen molar-refractivity contribution in [3.63, 3.8) is 0 Å². The predicted molar refractivity (Wildman–Crippen MR) is 69.7 cm³/mol. The van der Waals surface area contributed by atoms with Crippen LogP contribution in [0.2, 0.25) is 0 Å². The topological polar surface area (TPSA) is 88.1 Å². The summed E-state index contributed by atoms with van der Waals surface area (Å²) in [5.41, 5.74) is 0. The molecule has 0 aromatic heterocycles. The molecule has 0 rings (SSSR count). The highest BCUT2D eigenvalue weighted by Gasteiger charge is 2.10. The van der Waals surface area contributed by atoms with Crippen molar-refractivity contribution < 1.29 is 24.2 Å². The molecule has 0 aliphatic heterocycles. The van der Waals surface area contributed by atoms with Gasteiger partial charge < -0.3 is 19.9 Å². The van der Waals surface area contributed by atoms with Crippen LogP contribution in [-0.4, -0.2) is 75.5 Å². The third-order valence-corrected chi connectivity index (χ3v) is 2.58. The van der Waals surface area contributed by atoms with E-state index in [2.05, 4.69) is 10.1 Å². The number of hydrogen-bond acceptors (Lipinski definition) is 6. The van der Waals surface area contributed by atoms with E-state index in [-0.39, 0.29) is 24.9 Å². The van der Waals surface area contributed by atoms with Gasteiger partial charge >= 0.3 is 5.97 Å². The molecule has 0 radical (unpaired) electrons. The lowest BCUT2D eigenvalue weighted by Gasteiger charge is -2.21. The molecule has 0 aliphatic carbocycles. The minimum absolute atomic E-state index is 0.0135. The number of rotatable bonds is 11. The number of methoxy groups -OCH3 is 1. The number of nitrogens with zero attached hydrogens (tertiary/aromatic N) is 1. The van der Waals surface area contributed by atoms with Crippen LogP contribution in [0.25, 0.3) is 0 Å². The van der Waals surface area contributed by atoms with Crippen molar-refractivity contribution in [2.24, 2.45) is 0 Å². The Kier molecular flexibility index (Phi) is 11.1. The summed E-state index contributed by atoms with van der Waals surface area (Å²) in [5.74, 6) is -0.319. The van der Waals surface area contributed by atoms with Gasteiger partial charge in [0.25, 0.3) is 0 Å². The average molecular weight is 276 g/mol. The number of ether oxygens (including phenoxy) is 2. The van der Waals surface area contributed by atoms with Crippen molar-refractivity contribution in [3.8, 4) is 0 Å². The van der Waals surface area contributed by atoms with E-state index in [0.717, 1.165) is 0 Å². The van der Waals surface area contributed by atoms with E-state index in [9.17, 15) is 9.59 Å². The number of carbonyl (C=O) groups is 2. The summed E-state index contributed by atoms with van der Waals surface area (Å²) in [6.07, 6.45) is 0.655. The van der Waals surface area contributed by atoms with Gasteiger partial charge in [-0.1, -0.05) is 0 Å². The van der Waals surface area contributed by atoms with E-state index in [1.54, 1.807) is 7.05 Å². The van der Waals surface area contributed by atoms with Crippen molar-refractivity contribution in [1.82, 2.24) is 10.2 Å². The Bertz CT molecular complexity index is 241. The Morgan fingerprint density at radius 2 is 1.84 bits per heavy atom. The first-order valence-corrected chi connectivity index (χ1v) is 6.32. The first-order chi connectivity index (χ1) is 9.13. The van der Waals surface area contributed by atoms with Crippen molar-refractivity contribution in [2.45, 2.75) is 12.8 Å². The van der Waals surface area contributed by atoms with Gasteiger partial charge in [-0.15, -0.1) is 0 Å². The van der Waals surface area contributed by atoms with Gasteiger partial charge in [0.1, 0.15) is 0 Å². The summed E-state index contributed by atoms with van der Waals surface area (Å²) in [7, 11) is 2.94. The minimum atomic E-state index is -0.277. The van der Waals surface area contributed by atoms with Crippen LogP contribution < -0.4 is 5.32 Å². The van der Waals surface area contributed by atoms with Crippen LogP contribution in [0.4, 0.5) is 0 Å². The van der Waals surface area contributed by atoms with Gasteiger partial charge in [-0.2, -0.15) is 0 Å². The molecule has 0 aliphatic rings. The quantitative estimate of drug-likeness (QED) is 0.372. The third kappa shape index (κ3) is 10.4. The zero-order valence-corrected chi connectivity index (χ0v) is 11.7. The molecule has 2 N–H and O–H groups in total. The predicted octanol–water partition coefficient (Wildman–Crippen LogP) is -1.00. The molecule has 0 unspecified atom stereocenters. The monoisotopic (exact) mass is 276 g/mol. The number of esters is 1. The molecule has 0 fully saturated rings. The van der Waals surface area contributed by atoms with Crippen molar-refractivity contribution in [3.05, 3.63) is 0 Å². The largest absolute Gasteiger partial charge is 0.469 e.